The van der Waals surface area contributed by atoms with Crippen molar-refractivity contribution in [3.8, 4) is 11.3 Å². The van der Waals surface area contributed by atoms with Crippen molar-refractivity contribution in [2.45, 2.75) is 13.5 Å². The maximum Gasteiger partial charge on any atom is 0.340 e. The molecule has 0 atom stereocenters. The molecule has 3 aromatic heterocycles. The Labute approximate surface area is 172 Å². The highest BCUT2D eigenvalue weighted by Crippen LogP contribution is 2.23. The molecule has 4 aromatic rings. The predicted octanol–water partition coefficient (Wildman–Crippen LogP) is 4.25. The Balaban J connectivity index is 1.52. The monoisotopic (exact) mass is 455 g/mol. The molecule has 0 saturated carbocycles. The summed E-state index contributed by atoms with van der Waals surface area (Å²) in [4.78, 5) is 33.9. The maximum atomic E-state index is 12.5. The molecule has 8 heteroatoms. The quantitative estimate of drug-likeness (QED) is 0.430. The second-order valence-electron chi connectivity index (χ2n) is 6.06. The molecule has 0 aliphatic carbocycles. The van der Waals surface area contributed by atoms with Gasteiger partial charge in [-0.25, -0.2) is 9.78 Å². The highest BCUT2D eigenvalue weighted by Gasteiger charge is 2.14. The van der Waals surface area contributed by atoms with Crippen molar-refractivity contribution in [3.05, 3.63) is 85.8 Å². The molecule has 140 valence electrons. The summed E-state index contributed by atoms with van der Waals surface area (Å²) in [7, 11) is 0. The number of benzene rings is 1. The molecule has 0 fully saturated rings. The fraction of sp³-hybridized carbons (Fsp3) is 0.100. The van der Waals surface area contributed by atoms with Gasteiger partial charge in [0.05, 0.1) is 22.6 Å². The molecule has 0 bridgehead atoms. The normalized spacial score (nSPS) is 10.9. The molecule has 0 radical (unpaired) electrons. The number of fused-ring (bicyclic) bond motifs is 1. The Morgan fingerprint density at radius 2 is 2.07 bits per heavy atom. The van der Waals surface area contributed by atoms with Gasteiger partial charge in [0, 0.05) is 27.7 Å². The molecular formula is C20H14BrN3O3S. The number of nitrogens with zero attached hydrogens (tertiary/aromatic N) is 3. The van der Waals surface area contributed by atoms with E-state index < -0.39 is 5.97 Å². The smallest absolute Gasteiger partial charge is 0.340 e. The number of hydrogen-bond acceptors (Lipinski definition) is 6. The molecule has 0 unspecified atom stereocenters. The molecule has 0 amide bonds. The first-order chi connectivity index (χ1) is 13.5. The molecule has 0 N–H and O–H groups in total. The van der Waals surface area contributed by atoms with Crippen LogP contribution < -0.4 is 5.56 Å². The van der Waals surface area contributed by atoms with Crippen LogP contribution in [0.3, 0.4) is 0 Å². The van der Waals surface area contributed by atoms with E-state index in [0.717, 1.165) is 15.7 Å². The van der Waals surface area contributed by atoms with Crippen molar-refractivity contribution in [1.82, 2.24) is 14.4 Å². The van der Waals surface area contributed by atoms with Gasteiger partial charge in [-0.15, -0.1) is 11.3 Å². The fourth-order valence-electron chi connectivity index (χ4n) is 2.76. The van der Waals surface area contributed by atoms with E-state index in [1.165, 1.54) is 21.8 Å². The van der Waals surface area contributed by atoms with Gasteiger partial charge in [-0.05, 0) is 31.2 Å². The van der Waals surface area contributed by atoms with Crippen LogP contribution in [-0.4, -0.2) is 20.3 Å². The standard InChI is InChI=1S/C20H14BrN3O3S/c1-12-16(5-6-17(22-12)13-3-2-4-14(21)9-13)19(26)27-11-15-10-18(25)24-7-8-28-20(24)23-15/h2-10H,11H2,1H3. The Hall–Kier alpha value is -2.84. The van der Waals surface area contributed by atoms with Gasteiger partial charge in [-0.3, -0.25) is 14.2 Å². The van der Waals surface area contributed by atoms with Crippen molar-refractivity contribution < 1.29 is 9.53 Å². The van der Waals surface area contributed by atoms with Crippen LogP contribution in [-0.2, 0) is 11.3 Å². The Kier molecular flexibility index (Phi) is 5.06. The Morgan fingerprint density at radius 3 is 2.86 bits per heavy atom. The summed E-state index contributed by atoms with van der Waals surface area (Å²) in [6, 6.07) is 12.6. The number of carbonyl (C=O) groups is 1. The molecule has 0 aliphatic rings. The lowest BCUT2D eigenvalue weighted by atomic mass is 10.1. The average Bonchev–Trinajstić information content (AvgIpc) is 3.15. The molecule has 1 aromatic carbocycles. The summed E-state index contributed by atoms with van der Waals surface area (Å²) >= 11 is 4.79. The Bertz CT molecular complexity index is 1250. The number of ether oxygens (including phenoxy) is 1. The number of halogens is 1. The van der Waals surface area contributed by atoms with Gasteiger partial charge >= 0.3 is 5.97 Å². The van der Waals surface area contributed by atoms with Crippen LogP contribution in [0, 0.1) is 6.92 Å². The SMILES string of the molecule is Cc1nc(-c2cccc(Br)c2)ccc1C(=O)OCc1cc(=O)n2ccsc2n1. The predicted molar refractivity (Wildman–Crippen MR) is 111 cm³/mol. The van der Waals surface area contributed by atoms with E-state index in [-0.39, 0.29) is 12.2 Å². The number of pyridine rings is 1. The molecule has 0 saturated heterocycles. The zero-order valence-corrected chi connectivity index (χ0v) is 17.2. The lowest BCUT2D eigenvalue weighted by Gasteiger charge is -2.09. The summed E-state index contributed by atoms with van der Waals surface area (Å²) in [5.74, 6) is -0.501. The number of rotatable bonds is 4. The molecule has 0 spiro atoms. The second kappa shape index (κ2) is 7.65. The van der Waals surface area contributed by atoms with Crippen LogP contribution >= 0.6 is 27.3 Å². The number of carbonyl (C=O) groups excluding carboxylic acids is 1. The highest BCUT2D eigenvalue weighted by atomic mass is 79.9. The van der Waals surface area contributed by atoms with Gasteiger partial charge in [-0.1, -0.05) is 28.1 Å². The fourth-order valence-corrected chi connectivity index (χ4v) is 3.90. The van der Waals surface area contributed by atoms with Crippen molar-refractivity contribution >= 4 is 38.2 Å². The molecule has 4 rings (SSSR count). The summed E-state index contributed by atoms with van der Waals surface area (Å²) in [5.41, 5.74) is 2.89. The second-order valence-corrected chi connectivity index (χ2v) is 7.85. The van der Waals surface area contributed by atoms with Crippen LogP contribution in [0.25, 0.3) is 16.2 Å². The first-order valence-corrected chi connectivity index (χ1v) is 10.0. The van der Waals surface area contributed by atoms with Gasteiger partial charge < -0.3 is 4.74 Å². The zero-order valence-electron chi connectivity index (χ0n) is 14.8. The zero-order chi connectivity index (χ0) is 19.7. The van der Waals surface area contributed by atoms with E-state index in [9.17, 15) is 9.59 Å². The minimum atomic E-state index is -0.501. The molecular weight excluding hydrogens is 442 g/mol. The van der Waals surface area contributed by atoms with Crippen molar-refractivity contribution in [3.63, 3.8) is 0 Å². The third kappa shape index (κ3) is 3.74. The molecule has 0 aliphatic heterocycles. The lowest BCUT2D eigenvalue weighted by molar-refractivity contribution is 0.0466. The number of aromatic nitrogens is 3. The maximum absolute atomic E-state index is 12.5. The molecule has 3 heterocycles. The van der Waals surface area contributed by atoms with Gasteiger partial charge in [0.15, 0.2) is 4.96 Å². The van der Waals surface area contributed by atoms with Crippen molar-refractivity contribution in [1.29, 1.82) is 0 Å². The minimum absolute atomic E-state index is 0.0741. The Morgan fingerprint density at radius 1 is 1.21 bits per heavy atom. The van der Waals surface area contributed by atoms with Crippen molar-refractivity contribution in [2.75, 3.05) is 0 Å². The number of esters is 1. The largest absolute Gasteiger partial charge is 0.456 e. The summed E-state index contributed by atoms with van der Waals surface area (Å²) in [6.45, 7) is 1.69. The highest BCUT2D eigenvalue weighted by molar-refractivity contribution is 9.10. The lowest BCUT2D eigenvalue weighted by Crippen LogP contribution is -2.15. The van der Waals surface area contributed by atoms with Crippen LogP contribution in [0.5, 0.6) is 0 Å². The van der Waals surface area contributed by atoms with Gasteiger partial charge in [0.1, 0.15) is 6.61 Å². The van der Waals surface area contributed by atoms with Gasteiger partial charge in [-0.2, -0.15) is 0 Å². The van der Waals surface area contributed by atoms with Crippen LogP contribution in [0.2, 0.25) is 0 Å². The first kappa shape index (κ1) is 18.5. The van der Waals surface area contributed by atoms with E-state index in [1.54, 1.807) is 30.6 Å². The third-order valence-electron chi connectivity index (χ3n) is 4.13. The van der Waals surface area contributed by atoms with Crippen LogP contribution in [0.15, 0.2) is 63.3 Å². The molecule has 28 heavy (non-hydrogen) atoms. The van der Waals surface area contributed by atoms with Gasteiger partial charge in [0.25, 0.3) is 5.56 Å². The van der Waals surface area contributed by atoms with Crippen LogP contribution in [0.1, 0.15) is 21.7 Å². The summed E-state index contributed by atoms with van der Waals surface area (Å²) in [6.07, 6.45) is 1.66. The van der Waals surface area contributed by atoms with E-state index >= 15 is 0 Å². The third-order valence-corrected chi connectivity index (χ3v) is 5.38. The number of hydrogen-bond donors (Lipinski definition) is 0. The van der Waals surface area contributed by atoms with Crippen molar-refractivity contribution in [2.24, 2.45) is 0 Å². The first-order valence-electron chi connectivity index (χ1n) is 8.38. The summed E-state index contributed by atoms with van der Waals surface area (Å²) in [5, 5.41) is 1.78. The van der Waals surface area contributed by atoms with Gasteiger partial charge in [0.2, 0.25) is 0 Å². The average molecular weight is 456 g/mol. The van der Waals surface area contributed by atoms with Crippen LogP contribution in [0.4, 0.5) is 0 Å². The number of thiazole rings is 1. The van der Waals surface area contributed by atoms with E-state index in [2.05, 4.69) is 25.9 Å². The minimum Gasteiger partial charge on any atom is -0.456 e. The van der Waals surface area contributed by atoms with E-state index in [4.69, 9.17) is 4.74 Å². The summed E-state index contributed by atoms with van der Waals surface area (Å²) < 4.78 is 7.75. The van der Waals surface area contributed by atoms with E-state index in [0.29, 0.717) is 21.9 Å². The van der Waals surface area contributed by atoms with E-state index in [1.807, 2.05) is 24.3 Å². The number of aryl methyl sites for hydroxylation is 1. The molecule has 6 nitrogen and oxygen atoms in total. The topological polar surface area (TPSA) is 73.6 Å².